The Morgan fingerprint density at radius 3 is 2.33 bits per heavy atom. The van der Waals surface area contributed by atoms with Gasteiger partial charge in [0, 0.05) is 25.5 Å². The van der Waals surface area contributed by atoms with Gasteiger partial charge in [-0.2, -0.15) is 15.0 Å². The highest BCUT2D eigenvalue weighted by atomic mass is 16.5. The zero-order chi connectivity index (χ0) is 15.1. The summed E-state index contributed by atoms with van der Waals surface area (Å²) in [5.74, 6) is 0.980. The van der Waals surface area contributed by atoms with E-state index in [4.69, 9.17) is 4.74 Å². The molecule has 21 heavy (non-hydrogen) atoms. The van der Waals surface area contributed by atoms with Crippen molar-refractivity contribution in [2.24, 2.45) is 0 Å². The number of ether oxygens (including phenoxy) is 1. The molecule has 0 aliphatic rings. The third kappa shape index (κ3) is 4.87. The molecule has 0 spiro atoms. The van der Waals surface area contributed by atoms with E-state index in [-0.39, 0.29) is 6.10 Å². The molecule has 112 valence electrons. The smallest absolute Gasteiger partial charge is 0.323 e. The van der Waals surface area contributed by atoms with Crippen molar-refractivity contribution in [1.29, 1.82) is 0 Å². The molecule has 0 saturated carbocycles. The third-order valence-electron chi connectivity index (χ3n) is 2.49. The molecule has 0 saturated heterocycles. The number of aromatic nitrogens is 4. The molecule has 0 bridgehead atoms. The highest BCUT2D eigenvalue weighted by molar-refractivity contribution is 5.36. The number of hydrogen-bond acceptors (Lipinski definition) is 7. The van der Waals surface area contributed by atoms with Crippen LogP contribution in [0.2, 0.25) is 0 Å². The summed E-state index contributed by atoms with van der Waals surface area (Å²) in [4.78, 5) is 16.8. The summed E-state index contributed by atoms with van der Waals surface area (Å²) in [5, 5.41) is 6.23. The van der Waals surface area contributed by atoms with Crippen molar-refractivity contribution in [3.63, 3.8) is 0 Å². The van der Waals surface area contributed by atoms with E-state index in [1.165, 1.54) is 0 Å². The summed E-state index contributed by atoms with van der Waals surface area (Å²) in [7, 11) is 0. The second-order valence-electron chi connectivity index (χ2n) is 4.67. The average molecular weight is 288 g/mol. The Balaban J connectivity index is 2.11. The quantitative estimate of drug-likeness (QED) is 0.807. The minimum Gasteiger partial charge on any atom is -0.461 e. The molecule has 7 heteroatoms. The van der Waals surface area contributed by atoms with Gasteiger partial charge >= 0.3 is 6.01 Å². The average Bonchev–Trinajstić information content (AvgIpc) is 2.46. The Bertz CT molecular complexity index is 561. The van der Waals surface area contributed by atoms with Crippen LogP contribution in [0.25, 0.3) is 0 Å². The number of pyridine rings is 1. The Kier molecular flexibility index (Phi) is 5.25. The summed E-state index contributed by atoms with van der Waals surface area (Å²) < 4.78 is 5.54. The van der Waals surface area contributed by atoms with E-state index in [1.54, 1.807) is 12.4 Å². The Hall–Kier alpha value is -2.44. The van der Waals surface area contributed by atoms with E-state index < -0.39 is 0 Å². The number of rotatable bonds is 7. The zero-order valence-electron chi connectivity index (χ0n) is 12.5. The first-order chi connectivity index (χ1) is 10.2. The monoisotopic (exact) mass is 288 g/mol. The van der Waals surface area contributed by atoms with Crippen LogP contribution in [-0.2, 0) is 6.54 Å². The lowest BCUT2D eigenvalue weighted by atomic mass is 10.3. The van der Waals surface area contributed by atoms with Crippen LogP contribution >= 0.6 is 0 Å². The molecule has 2 N–H and O–H groups in total. The van der Waals surface area contributed by atoms with Crippen LogP contribution < -0.4 is 15.4 Å². The molecule has 0 aliphatic heterocycles. The minimum absolute atomic E-state index is 0.00919. The van der Waals surface area contributed by atoms with Gasteiger partial charge < -0.3 is 15.4 Å². The van der Waals surface area contributed by atoms with Crippen molar-refractivity contribution in [1.82, 2.24) is 19.9 Å². The van der Waals surface area contributed by atoms with Crippen LogP contribution in [-0.4, -0.2) is 32.6 Å². The standard InChI is InChI=1S/C14H20N6O/c1-4-16-12-18-13(20-14(19-12)21-10(2)3)17-9-11-5-7-15-8-6-11/h5-8,10H,4,9H2,1-3H3,(H2,16,17,18,19,20). The first-order valence-electron chi connectivity index (χ1n) is 6.96. The molecule has 2 rings (SSSR count). The van der Waals surface area contributed by atoms with E-state index >= 15 is 0 Å². The second-order valence-corrected chi connectivity index (χ2v) is 4.67. The Morgan fingerprint density at radius 1 is 1.05 bits per heavy atom. The van der Waals surface area contributed by atoms with E-state index in [1.807, 2.05) is 32.9 Å². The van der Waals surface area contributed by atoms with Crippen LogP contribution in [0.3, 0.4) is 0 Å². The lowest BCUT2D eigenvalue weighted by Crippen LogP contribution is -2.13. The molecule has 0 fully saturated rings. The molecule has 7 nitrogen and oxygen atoms in total. The maximum atomic E-state index is 5.54. The largest absolute Gasteiger partial charge is 0.461 e. The SMILES string of the molecule is CCNc1nc(NCc2ccncc2)nc(OC(C)C)n1. The fourth-order valence-electron chi connectivity index (χ4n) is 1.62. The van der Waals surface area contributed by atoms with Crippen molar-refractivity contribution in [3.8, 4) is 6.01 Å². The number of nitrogens with one attached hydrogen (secondary N) is 2. The van der Waals surface area contributed by atoms with E-state index in [9.17, 15) is 0 Å². The molecule has 0 amide bonds. The van der Waals surface area contributed by atoms with Gasteiger partial charge in [-0.05, 0) is 38.5 Å². The predicted octanol–water partition coefficient (Wildman–Crippen LogP) is 2.10. The fourth-order valence-corrected chi connectivity index (χ4v) is 1.62. The molecule has 0 atom stereocenters. The van der Waals surface area contributed by atoms with Crippen molar-refractivity contribution in [3.05, 3.63) is 30.1 Å². The number of hydrogen-bond donors (Lipinski definition) is 2. The summed E-state index contributed by atoms with van der Waals surface area (Å²) in [6.45, 7) is 7.19. The van der Waals surface area contributed by atoms with Gasteiger partial charge in [0.25, 0.3) is 0 Å². The van der Waals surface area contributed by atoms with E-state index in [2.05, 4.69) is 30.6 Å². The first kappa shape index (κ1) is 15.0. The van der Waals surface area contributed by atoms with Crippen molar-refractivity contribution >= 4 is 11.9 Å². The molecule has 0 radical (unpaired) electrons. The van der Waals surface area contributed by atoms with Crippen molar-refractivity contribution < 1.29 is 4.74 Å². The Labute approximate surface area is 124 Å². The summed E-state index contributed by atoms with van der Waals surface area (Å²) in [6.07, 6.45) is 3.51. The second kappa shape index (κ2) is 7.37. The normalized spacial score (nSPS) is 10.5. The van der Waals surface area contributed by atoms with Crippen LogP contribution in [0.5, 0.6) is 6.01 Å². The van der Waals surface area contributed by atoms with Gasteiger partial charge in [-0.3, -0.25) is 4.98 Å². The van der Waals surface area contributed by atoms with Crippen molar-refractivity contribution in [2.45, 2.75) is 33.4 Å². The number of nitrogens with zero attached hydrogens (tertiary/aromatic N) is 4. The van der Waals surface area contributed by atoms with Gasteiger partial charge in [-0.25, -0.2) is 0 Å². The first-order valence-corrected chi connectivity index (χ1v) is 6.96. The highest BCUT2D eigenvalue weighted by Crippen LogP contribution is 2.13. The van der Waals surface area contributed by atoms with Gasteiger partial charge in [0.1, 0.15) is 0 Å². The summed E-state index contributed by atoms with van der Waals surface area (Å²) >= 11 is 0. The van der Waals surface area contributed by atoms with Gasteiger partial charge in [0.2, 0.25) is 11.9 Å². The van der Waals surface area contributed by atoms with E-state index in [0.717, 1.165) is 12.1 Å². The molecular formula is C14H20N6O. The highest BCUT2D eigenvalue weighted by Gasteiger charge is 2.08. The van der Waals surface area contributed by atoms with Gasteiger partial charge in [0.05, 0.1) is 6.10 Å². The van der Waals surface area contributed by atoms with Gasteiger partial charge in [0.15, 0.2) is 0 Å². The maximum Gasteiger partial charge on any atom is 0.323 e. The van der Waals surface area contributed by atoms with Crippen molar-refractivity contribution in [2.75, 3.05) is 17.2 Å². The molecule has 2 aromatic heterocycles. The molecule has 0 aromatic carbocycles. The fraction of sp³-hybridized carbons (Fsp3) is 0.429. The molecular weight excluding hydrogens is 268 g/mol. The minimum atomic E-state index is 0.00919. The summed E-state index contributed by atoms with van der Waals surface area (Å²) in [5.41, 5.74) is 1.10. The van der Waals surface area contributed by atoms with Crippen LogP contribution in [0.1, 0.15) is 26.3 Å². The molecule has 2 heterocycles. The van der Waals surface area contributed by atoms with Crippen LogP contribution in [0.4, 0.5) is 11.9 Å². The zero-order valence-corrected chi connectivity index (χ0v) is 12.5. The predicted molar refractivity (Wildman–Crippen MR) is 81.3 cm³/mol. The Morgan fingerprint density at radius 2 is 1.71 bits per heavy atom. The lowest BCUT2D eigenvalue weighted by molar-refractivity contribution is 0.222. The van der Waals surface area contributed by atoms with Gasteiger partial charge in [-0.15, -0.1) is 0 Å². The maximum absolute atomic E-state index is 5.54. The van der Waals surface area contributed by atoms with Gasteiger partial charge in [-0.1, -0.05) is 0 Å². The van der Waals surface area contributed by atoms with E-state index in [0.29, 0.717) is 24.5 Å². The molecule has 0 aliphatic carbocycles. The van der Waals surface area contributed by atoms with Crippen LogP contribution in [0.15, 0.2) is 24.5 Å². The number of anilines is 2. The van der Waals surface area contributed by atoms with Crippen LogP contribution in [0, 0.1) is 0 Å². The summed E-state index contributed by atoms with van der Waals surface area (Å²) in [6, 6.07) is 4.18. The third-order valence-corrected chi connectivity index (χ3v) is 2.49. The topological polar surface area (TPSA) is 84.9 Å². The molecule has 2 aromatic rings. The lowest BCUT2D eigenvalue weighted by Gasteiger charge is -2.11. The molecule has 0 unspecified atom stereocenters.